The zero-order valence-corrected chi connectivity index (χ0v) is 14.1. The molecular formula is C19H35NO. The van der Waals surface area contributed by atoms with Gasteiger partial charge in [-0.2, -0.15) is 0 Å². The van der Waals surface area contributed by atoms with Gasteiger partial charge in [-0.05, 0) is 57.4 Å². The van der Waals surface area contributed by atoms with Crippen molar-refractivity contribution in [3.63, 3.8) is 0 Å². The smallest absolute Gasteiger partial charge is 0.0635 e. The van der Waals surface area contributed by atoms with Crippen molar-refractivity contribution in [1.29, 1.82) is 0 Å². The Kier molecular flexibility index (Phi) is 5.99. The SMILES string of the molecule is CN1CCC(OC(C2CCCCC2)C2CCCCC2)CC1. The summed E-state index contributed by atoms with van der Waals surface area (Å²) in [5.41, 5.74) is 0. The third-order valence-electron chi connectivity index (χ3n) is 6.24. The van der Waals surface area contributed by atoms with Crippen LogP contribution in [0.1, 0.15) is 77.0 Å². The van der Waals surface area contributed by atoms with E-state index in [1.54, 1.807) is 0 Å². The van der Waals surface area contributed by atoms with E-state index in [0.717, 1.165) is 11.8 Å². The second kappa shape index (κ2) is 7.97. The Labute approximate surface area is 131 Å². The van der Waals surface area contributed by atoms with E-state index in [1.807, 2.05) is 0 Å². The van der Waals surface area contributed by atoms with Crippen LogP contribution in [0.4, 0.5) is 0 Å². The molecule has 3 aliphatic rings. The van der Waals surface area contributed by atoms with Gasteiger partial charge in [-0.3, -0.25) is 0 Å². The van der Waals surface area contributed by atoms with E-state index in [1.165, 1.54) is 90.1 Å². The largest absolute Gasteiger partial charge is 0.374 e. The summed E-state index contributed by atoms with van der Waals surface area (Å²) in [4.78, 5) is 2.45. The molecular weight excluding hydrogens is 258 g/mol. The molecule has 0 bridgehead atoms. The van der Waals surface area contributed by atoms with Gasteiger partial charge in [-0.25, -0.2) is 0 Å². The van der Waals surface area contributed by atoms with Crippen LogP contribution in [0.25, 0.3) is 0 Å². The van der Waals surface area contributed by atoms with E-state index in [4.69, 9.17) is 4.74 Å². The van der Waals surface area contributed by atoms with Crippen molar-refractivity contribution in [1.82, 2.24) is 4.90 Å². The fourth-order valence-electron chi connectivity index (χ4n) is 4.88. The first-order chi connectivity index (χ1) is 10.3. The molecule has 0 radical (unpaired) electrons. The predicted molar refractivity (Wildman–Crippen MR) is 88.5 cm³/mol. The Balaban J connectivity index is 1.60. The van der Waals surface area contributed by atoms with E-state index < -0.39 is 0 Å². The molecule has 122 valence electrons. The zero-order valence-electron chi connectivity index (χ0n) is 14.1. The summed E-state index contributed by atoms with van der Waals surface area (Å²) in [7, 11) is 2.25. The highest BCUT2D eigenvalue weighted by molar-refractivity contribution is 4.84. The molecule has 0 N–H and O–H groups in total. The summed E-state index contributed by atoms with van der Waals surface area (Å²) in [6.45, 7) is 2.46. The molecule has 1 heterocycles. The van der Waals surface area contributed by atoms with E-state index >= 15 is 0 Å². The van der Waals surface area contributed by atoms with Gasteiger partial charge in [0.05, 0.1) is 12.2 Å². The summed E-state index contributed by atoms with van der Waals surface area (Å²) < 4.78 is 6.79. The Hall–Kier alpha value is -0.0800. The third-order valence-corrected chi connectivity index (χ3v) is 6.24. The molecule has 0 spiro atoms. The van der Waals surface area contributed by atoms with Gasteiger partial charge in [0.2, 0.25) is 0 Å². The zero-order chi connectivity index (χ0) is 14.5. The van der Waals surface area contributed by atoms with Crippen molar-refractivity contribution in [2.45, 2.75) is 89.3 Å². The molecule has 1 aliphatic heterocycles. The van der Waals surface area contributed by atoms with Crippen LogP contribution in [-0.2, 0) is 4.74 Å². The van der Waals surface area contributed by atoms with Crippen LogP contribution in [0.15, 0.2) is 0 Å². The van der Waals surface area contributed by atoms with Crippen molar-refractivity contribution >= 4 is 0 Å². The fraction of sp³-hybridized carbons (Fsp3) is 1.00. The average molecular weight is 293 g/mol. The molecule has 2 saturated carbocycles. The van der Waals surface area contributed by atoms with Gasteiger partial charge in [-0.1, -0.05) is 38.5 Å². The van der Waals surface area contributed by atoms with Gasteiger partial charge in [-0.15, -0.1) is 0 Å². The maximum atomic E-state index is 6.79. The first kappa shape index (κ1) is 15.8. The standard InChI is InChI=1S/C19H35NO/c1-20-14-12-18(13-15-20)21-19(16-8-4-2-5-9-16)17-10-6-3-7-11-17/h16-19H,2-15H2,1H3. The second-order valence-electron chi connectivity index (χ2n) is 7.90. The van der Waals surface area contributed by atoms with E-state index in [2.05, 4.69) is 11.9 Å². The lowest BCUT2D eigenvalue weighted by atomic mass is 9.75. The number of ether oxygens (including phenoxy) is 1. The highest BCUT2D eigenvalue weighted by Crippen LogP contribution is 2.38. The summed E-state index contributed by atoms with van der Waals surface area (Å²) in [6.07, 6.45) is 18.1. The van der Waals surface area contributed by atoms with Crippen molar-refractivity contribution in [3.8, 4) is 0 Å². The average Bonchev–Trinajstić information content (AvgIpc) is 2.56. The van der Waals surface area contributed by atoms with Gasteiger partial charge < -0.3 is 9.64 Å². The summed E-state index contributed by atoms with van der Waals surface area (Å²) in [5, 5.41) is 0. The summed E-state index contributed by atoms with van der Waals surface area (Å²) in [6, 6.07) is 0. The molecule has 3 fully saturated rings. The highest BCUT2D eigenvalue weighted by atomic mass is 16.5. The van der Waals surface area contributed by atoms with Crippen LogP contribution >= 0.6 is 0 Å². The lowest BCUT2D eigenvalue weighted by Gasteiger charge is -2.41. The number of hydrogen-bond acceptors (Lipinski definition) is 2. The minimum absolute atomic E-state index is 0.551. The molecule has 0 aromatic carbocycles. The first-order valence-electron chi connectivity index (χ1n) is 9.67. The third kappa shape index (κ3) is 4.45. The maximum Gasteiger partial charge on any atom is 0.0635 e. The normalized spacial score (nSPS) is 28.3. The maximum absolute atomic E-state index is 6.79. The fourth-order valence-corrected chi connectivity index (χ4v) is 4.88. The Morgan fingerprint density at radius 1 is 0.714 bits per heavy atom. The van der Waals surface area contributed by atoms with Gasteiger partial charge >= 0.3 is 0 Å². The molecule has 2 heteroatoms. The molecule has 2 aliphatic carbocycles. The van der Waals surface area contributed by atoms with Gasteiger partial charge in [0, 0.05) is 13.1 Å². The molecule has 2 nitrogen and oxygen atoms in total. The molecule has 0 amide bonds. The number of nitrogens with zero attached hydrogens (tertiary/aromatic N) is 1. The van der Waals surface area contributed by atoms with Crippen LogP contribution in [0.5, 0.6) is 0 Å². The Morgan fingerprint density at radius 3 is 1.67 bits per heavy atom. The molecule has 0 unspecified atom stereocenters. The number of rotatable bonds is 4. The van der Waals surface area contributed by atoms with E-state index in [-0.39, 0.29) is 0 Å². The van der Waals surface area contributed by atoms with E-state index in [0.29, 0.717) is 12.2 Å². The Morgan fingerprint density at radius 2 is 1.19 bits per heavy atom. The predicted octanol–water partition coefficient (Wildman–Crippen LogP) is 4.63. The molecule has 0 atom stereocenters. The van der Waals surface area contributed by atoms with Crippen LogP contribution in [-0.4, -0.2) is 37.2 Å². The minimum Gasteiger partial charge on any atom is -0.374 e. The van der Waals surface area contributed by atoms with E-state index in [9.17, 15) is 0 Å². The summed E-state index contributed by atoms with van der Waals surface area (Å²) in [5.74, 6) is 1.75. The molecule has 0 aromatic rings. The Bertz CT molecular complexity index is 268. The number of likely N-dealkylation sites (tertiary alicyclic amines) is 1. The van der Waals surface area contributed by atoms with Crippen molar-refractivity contribution in [2.75, 3.05) is 20.1 Å². The number of piperidine rings is 1. The van der Waals surface area contributed by atoms with Crippen molar-refractivity contribution in [3.05, 3.63) is 0 Å². The lowest BCUT2D eigenvalue weighted by Crippen LogP contribution is -2.41. The summed E-state index contributed by atoms with van der Waals surface area (Å²) >= 11 is 0. The van der Waals surface area contributed by atoms with Crippen LogP contribution < -0.4 is 0 Å². The highest BCUT2D eigenvalue weighted by Gasteiger charge is 2.34. The van der Waals surface area contributed by atoms with Crippen LogP contribution in [0, 0.1) is 11.8 Å². The van der Waals surface area contributed by atoms with Gasteiger partial charge in [0.25, 0.3) is 0 Å². The van der Waals surface area contributed by atoms with Crippen LogP contribution in [0.2, 0.25) is 0 Å². The van der Waals surface area contributed by atoms with Gasteiger partial charge in [0.15, 0.2) is 0 Å². The topological polar surface area (TPSA) is 12.5 Å². The monoisotopic (exact) mass is 293 g/mol. The van der Waals surface area contributed by atoms with Crippen molar-refractivity contribution < 1.29 is 4.74 Å². The van der Waals surface area contributed by atoms with Gasteiger partial charge in [0.1, 0.15) is 0 Å². The van der Waals surface area contributed by atoms with Crippen molar-refractivity contribution in [2.24, 2.45) is 11.8 Å². The number of hydrogen-bond donors (Lipinski definition) is 0. The first-order valence-corrected chi connectivity index (χ1v) is 9.67. The second-order valence-corrected chi connectivity index (χ2v) is 7.90. The quantitative estimate of drug-likeness (QED) is 0.749. The molecule has 1 saturated heterocycles. The molecule has 21 heavy (non-hydrogen) atoms. The molecule has 0 aromatic heterocycles. The van der Waals surface area contributed by atoms with Crippen LogP contribution in [0.3, 0.4) is 0 Å². The molecule has 3 rings (SSSR count). The minimum atomic E-state index is 0.551. The lowest BCUT2D eigenvalue weighted by molar-refractivity contribution is -0.103.